The molecule has 1 aromatic carbocycles. The Morgan fingerprint density at radius 2 is 2.17 bits per heavy atom. The molecule has 0 radical (unpaired) electrons. The number of halogens is 1. The third-order valence-electron chi connectivity index (χ3n) is 4.05. The van der Waals surface area contributed by atoms with Crippen LogP contribution in [0.15, 0.2) is 28.7 Å². The minimum atomic E-state index is 0.298. The van der Waals surface area contributed by atoms with Crippen molar-refractivity contribution in [2.45, 2.75) is 31.7 Å². The molecular weight excluding hydrogens is 290 g/mol. The Morgan fingerprint density at radius 1 is 1.33 bits per heavy atom. The molecule has 1 aliphatic heterocycles. The van der Waals surface area contributed by atoms with Gasteiger partial charge in [0.25, 0.3) is 0 Å². The van der Waals surface area contributed by atoms with E-state index < -0.39 is 0 Å². The Balaban J connectivity index is 1.70. The number of ether oxygens (including phenoxy) is 1. The third kappa shape index (κ3) is 2.95. The van der Waals surface area contributed by atoms with E-state index in [2.05, 4.69) is 45.5 Å². The van der Waals surface area contributed by atoms with Gasteiger partial charge >= 0.3 is 0 Å². The summed E-state index contributed by atoms with van der Waals surface area (Å²) in [6.45, 7) is 2.91. The van der Waals surface area contributed by atoms with Crippen molar-refractivity contribution in [3.8, 4) is 0 Å². The number of hydrogen-bond donors (Lipinski definition) is 1. The Labute approximate surface area is 117 Å². The molecule has 1 N–H and O–H groups in total. The van der Waals surface area contributed by atoms with Gasteiger partial charge in [-0.1, -0.05) is 34.1 Å². The molecule has 1 heterocycles. The van der Waals surface area contributed by atoms with E-state index in [1.54, 1.807) is 0 Å². The van der Waals surface area contributed by atoms with Crippen LogP contribution in [0.4, 0.5) is 0 Å². The molecule has 18 heavy (non-hydrogen) atoms. The van der Waals surface area contributed by atoms with E-state index in [4.69, 9.17) is 4.74 Å². The first-order valence-electron chi connectivity index (χ1n) is 6.82. The lowest BCUT2D eigenvalue weighted by Crippen LogP contribution is -2.37. The van der Waals surface area contributed by atoms with Crippen molar-refractivity contribution in [1.82, 2.24) is 5.32 Å². The second-order valence-electron chi connectivity index (χ2n) is 5.73. The molecule has 2 aliphatic rings. The lowest BCUT2D eigenvalue weighted by molar-refractivity contribution is 0.149. The highest BCUT2D eigenvalue weighted by Gasteiger charge is 2.36. The van der Waals surface area contributed by atoms with Crippen LogP contribution in [0.5, 0.6) is 0 Å². The zero-order valence-electron chi connectivity index (χ0n) is 10.6. The van der Waals surface area contributed by atoms with Crippen molar-refractivity contribution < 1.29 is 4.74 Å². The molecule has 0 amide bonds. The van der Waals surface area contributed by atoms with Gasteiger partial charge in [-0.2, -0.15) is 0 Å². The van der Waals surface area contributed by atoms with Crippen LogP contribution in [-0.4, -0.2) is 25.8 Å². The van der Waals surface area contributed by atoms with E-state index in [9.17, 15) is 0 Å². The smallest absolute Gasteiger partial charge is 0.0538 e. The van der Waals surface area contributed by atoms with E-state index in [0.29, 0.717) is 5.41 Å². The van der Waals surface area contributed by atoms with Crippen LogP contribution in [0.3, 0.4) is 0 Å². The summed E-state index contributed by atoms with van der Waals surface area (Å²) in [5.41, 5.74) is 1.70. The third-order valence-corrected chi connectivity index (χ3v) is 4.82. The first-order chi connectivity index (χ1) is 8.77. The average Bonchev–Trinajstić information content (AvgIpc) is 3.10. The van der Waals surface area contributed by atoms with Crippen molar-refractivity contribution in [3.63, 3.8) is 0 Å². The Kier molecular flexibility index (Phi) is 3.73. The maximum Gasteiger partial charge on any atom is 0.0538 e. The van der Waals surface area contributed by atoms with Crippen LogP contribution in [0.2, 0.25) is 0 Å². The van der Waals surface area contributed by atoms with Crippen LogP contribution in [-0.2, 0) is 11.2 Å². The van der Waals surface area contributed by atoms with Crippen molar-refractivity contribution in [1.29, 1.82) is 0 Å². The van der Waals surface area contributed by atoms with Crippen LogP contribution < -0.4 is 5.32 Å². The van der Waals surface area contributed by atoms with Gasteiger partial charge in [-0.15, -0.1) is 0 Å². The fraction of sp³-hybridized carbons (Fsp3) is 0.600. The molecule has 1 aliphatic carbocycles. The van der Waals surface area contributed by atoms with Crippen LogP contribution >= 0.6 is 15.9 Å². The average molecular weight is 310 g/mol. The van der Waals surface area contributed by atoms with Gasteiger partial charge in [0.15, 0.2) is 0 Å². The minimum Gasteiger partial charge on any atom is -0.381 e. The first-order valence-corrected chi connectivity index (χ1v) is 7.61. The molecule has 1 atom stereocenters. The molecule has 3 rings (SSSR count). The Bertz CT molecular complexity index is 411. The van der Waals surface area contributed by atoms with Crippen LogP contribution in [0, 0.1) is 5.41 Å². The van der Waals surface area contributed by atoms with Gasteiger partial charge in [-0.25, -0.2) is 0 Å². The van der Waals surface area contributed by atoms with Crippen molar-refractivity contribution in [2.24, 2.45) is 5.41 Å². The molecule has 3 heteroatoms. The van der Waals surface area contributed by atoms with Gasteiger partial charge in [0.2, 0.25) is 0 Å². The number of benzene rings is 1. The fourth-order valence-electron chi connectivity index (χ4n) is 2.68. The Morgan fingerprint density at radius 3 is 2.83 bits per heavy atom. The first kappa shape index (κ1) is 12.6. The van der Waals surface area contributed by atoms with E-state index >= 15 is 0 Å². The van der Waals surface area contributed by atoms with Crippen molar-refractivity contribution in [2.75, 3.05) is 19.8 Å². The van der Waals surface area contributed by atoms with E-state index in [-0.39, 0.29) is 0 Å². The van der Waals surface area contributed by atoms with Gasteiger partial charge in [0.1, 0.15) is 0 Å². The lowest BCUT2D eigenvalue weighted by atomic mass is 9.81. The number of hydrogen-bond acceptors (Lipinski definition) is 2. The molecule has 2 fully saturated rings. The van der Waals surface area contributed by atoms with Gasteiger partial charge in [0, 0.05) is 29.1 Å². The molecule has 1 saturated carbocycles. The summed E-state index contributed by atoms with van der Waals surface area (Å²) in [5.74, 6) is 0. The molecule has 2 nitrogen and oxygen atoms in total. The highest BCUT2D eigenvalue weighted by molar-refractivity contribution is 9.10. The van der Waals surface area contributed by atoms with E-state index in [1.165, 1.54) is 29.3 Å². The summed E-state index contributed by atoms with van der Waals surface area (Å²) in [7, 11) is 0. The summed E-state index contributed by atoms with van der Waals surface area (Å²) in [6, 6.07) is 9.34. The van der Waals surface area contributed by atoms with Gasteiger partial charge in [0.05, 0.1) is 6.61 Å². The second-order valence-corrected chi connectivity index (χ2v) is 6.58. The molecule has 0 aromatic heterocycles. The SMILES string of the molecule is Brc1ccccc1CC1(CNC2CC2)CCOC1. The zero-order valence-corrected chi connectivity index (χ0v) is 12.2. The predicted molar refractivity (Wildman–Crippen MR) is 76.7 cm³/mol. The van der Waals surface area contributed by atoms with E-state index in [1.807, 2.05) is 0 Å². The molecule has 0 bridgehead atoms. The van der Waals surface area contributed by atoms with Crippen molar-refractivity contribution in [3.05, 3.63) is 34.3 Å². The maximum atomic E-state index is 5.67. The fourth-order valence-corrected chi connectivity index (χ4v) is 3.11. The number of nitrogens with one attached hydrogen (secondary N) is 1. The highest BCUT2D eigenvalue weighted by atomic mass is 79.9. The molecule has 0 spiro atoms. The zero-order chi connectivity index (χ0) is 12.4. The monoisotopic (exact) mass is 309 g/mol. The van der Waals surface area contributed by atoms with Gasteiger partial charge in [-0.3, -0.25) is 0 Å². The summed E-state index contributed by atoms with van der Waals surface area (Å²) >= 11 is 3.66. The lowest BCUT2D eigenvalue weighted by Gasteiger charge is -2.28. The van der Waals surface area contributed by atoms with Gasteiger partial charge < -0.3 is 10.1 Å². The molecule has 1 saturated heterocycles. The van der Waals surface area contributed by atoms with Crippen LogP contribution in [0.1, 0.15) is 24.8 Å². The standard InChI is InChI=1S/C15H20BrNO/c16-14-4-2-1-3-12(14)9-15(7-8-18-11-15)10-17-13-5-6-13/h1-4,13,17H,5-11H2. The maximum absolute atomic E-state index is 5.67. The van der Waals surface area contributed by atoms with Crippen molar-refractivity contribution >= 4 is 15.9 Å². The quantitative estimate of drug-likeness (QED) is 0.902. The largest absolute Gasteiger partial charge is 0.381 e. The molecular formula is C15H20BrNO. The topological polar surface area (TPSA) is 21.3 Å². The summed E-state index contributed by atoms with van der Waals surface area (Å²) in [6.07, 6.45) is 4.99. The summed E-state index contributed by atoms with van der Waals surface area (Å²) in [4.78, 5) is 0. The molecule has 1 aromatic rings. The molecule has 1 unspecified atom stereocenters. The van der Waals surface area contributed by atoms with Gasteiger partial charge in [-0.05, 0) is 37.3 Å². The minimum absolute atomic E-state index is 0.298. The normalized spacial score (nSPS) is 27.6. The number of rotatable bonds is 5. The Hall–Kier alpha value is -0.380. The molecule has 98 valence electrons. The summed E-state index contributed by atoms with van der Waals surface area (Å²) in [5, 5.41) is 3.68. The predicted octanol–water partition coefficient (Wildman–Crippen LogP) is 3.15. The second kappa shape index (κ2) is 5.32. The highest BCUT2D eigenvalue weighted by Crippen LogP contribution is 2.35. The summed E-state index contributed by atoms with van der Waals surface area (Å²) < 4.78 is 6.89. The van der Waals surface area contributed by atoms with Crippen LogP contribution in [0.25, 0.3) is 0 Å². The van der Waals surface area contributed by atoms with E-state index in [0.717, 1.165) is 32.2 Å².